The third-order valence-electron chi connectivity index (χ3n) is 4.27. The van der Waals surface area contributed by atoms with E-state index in [4.69, 9.17) is 0 Å². The first-order chi connectivity index (χ1) is 12.7. The maximum Gasteiger partial charge on any atom is 0.251 e. The number of piperazine rings is 1. The van der Waals surface area contributed by atoms with Crippen molar-refractivity contribution in [2.45, 2.75) is 24.9 Å². The van der Waals surface area contributed by atoms with Gasteiger partial charge in [-0.3, -0.25) is 14.6 Å². The quantitative estimate of drug-likeness (QED) is 0.611. The van der Waals surface area contributed by atoms with E-state index in [1.807, 2.05) is 24.0 Å². The largest absolute Gasteiger partial charge is 0.368 e. The molecular formula is C18H23N5O2S. The van der Waals surface area contributed by atoms with Crippen molar-refractivity contribution in [2.24, 2.45) is 0 Å². The molecule has 2 aromatic heterocycles. The van der Waals surface area contributed by atoms with Gasteiger partial charge in [0.25, 0.3) is 5.56 Å². The number of hydrogen-bond acceptors (Lipinski definition) is 6. The van der Waals surface area contributed by atoms with Crippen molar-refractivity contribution >= 4 is 23.4 Å². The van der Waals surface area contributed by atoms with Crippen LogP contribution < -0.4 is 10.5 Å². The van der Waals surface area contributed by atoms with E-state index in [0.29, 0.717) is 18.2 Å². The molecule has 1 aliphatic rings. The summed E-state index contributed by atoms with van der Waals surface area (Å²) in [5.74, 6) is 0.362. The highest BCUT2D eigenvalue weighted by Gasteiger charge is 2.21. The average molecular weight is 373 g/mol. The predicted octanol–water partition coefficient (Wildman–Crippen LogP) is 1.56. The van der Waals surface area contributed by atoms with Crippen LogP contribution in [0.2, 0.25) is 0 Å². The molecule has 0 atom stereocenters. The van der Waals surface area contributed by atoms with Gasteiger partial charge in [-0.1, -0.05) is 25.1 Å². The molecule has 2 aromatic rings. The second-order valence-corrected chi connectivity index (χ2v) is 7.12. The Hall–Kier alpha value is -2.35. The summed E-state index contributed by atoms with van der Waals surface area (Å²) in [6, 6.07) is 5.49. The molecule has 1 fully saturated rings. The number of nitrogens with zero attached hydrogens (tertiary/aromatic N) is 4. The second kappa shape index (κ2) is 8.84. The smallest absolute Gasteiger partial charge is 0.251 e. The molecule has 138 valence electrons. The van der Waals surface area contributed by atoms with Gasteiger partial charge in [-0.05, 0) is 18.6 Å². The monoisotopic (exact) mass is 373 g/mol. The maximum atomic E-state index is 12.5. The molecule has 0 bridgehead atoms. The SMILES string of the molecule is CCCc1cc(=O)[nH]c(SCC(=O)N2CCN(c3ccncc3)CC2)n1. The van der Waals surface area contributed by atoms with Crippen molar-refractivity contribution in [3.8, 4) is 0 Å². The summed E-state index contributed by atoms with van der Waals surface area (Å²) in [7, 11) is 0. The molecule has 8 heteroatoms. The summed E-state index contributed by atoms with van der Waals surface area (Å²) in [6.45, 7) is 5.05. The number of rotatable bonds is 6. The Morgan fingerprint density at radius 1 is 1.23 bits per heavy atom. The van der Waals surface area contributed by atoms with Gasteiger partial charge in [-0.2, -0.15) is 0 Å². The first kappa shape index (κ1) is 18.4. The van der Waals surface area contributed by atoms with Gasteiger partial charge in [-0.25, -0.2) is 4.98 Å². The summed E-state index contributed by atoms with van der Waals surface area (Å²) in [5, 5.41) is 0.518. The molecule has 0 radical (unpaired) electrons. The van der Waals surface area contributed by atoms with Crippen LogP contribution in [-0.4, -0.2) is 57.7 Å². The van der Waals surface area contributed by atoms with E-state index >= 15 is 0 Å². The number of carbonyl (C=O) groups excluding carboxylic acids is 1. The van der Waals surface area contributed by atoms with Gasteiger partial charge >= 0.3 is 0 Å². The predicted molar refractivity (Wildman–Crippen MR) is 103 cm³/mol. The Labute approximate surface area is 156 Å². The van der Waals surface area contributed by atoms with Crippen LogP contribution in [0.25, 0.3) is 0 Å². The van der Waals surface area contributed by atoms with Gasteiger partial charge in [0.15, 0.2) is 5.16 Å². The van der Waals surface area contributed by atoms with Crippen LogP contribution in [0.1, 0.15) is 19.0 Å². The topological polar surface area (TPSA) is 82.2 Å². The highest BCUT2D eigenvalue weighted by Crippen LogP contribution is 2.17. The number of thioether (sulfide) groups is 1. The van der Waals surface area contributed by atoms with Crippen LogP contribution in [0.3, 0.4) is 0 Å². The van der Waals surface area contributed by atoms with E-state index in [2.05, 4.69) is 19.9 Å². The molecule has 1 N–H and O–H groups in total. The summed E-state index contributed by atoms with van der Waals surface area (Å²) in [6.07, 6.45) is 5.26. The van der Waals surface area contributed by atoms with Crippen LogP contribution in [0, 0.1) is 0 Å². The molecule has 1 aliphatic heterocycles. The zero-order chi connectivity index (χ0) is 18.4. The van der Waals surface area contributed by atoms with Gasteiger partial charge in [0.05, 0.1) is 5.75 Å². The van der Waals surface area contributed by atoms with E-state index in [9.17, 15) is 9.59 Å². The highest BCUT2D eigenvalue weighted by atomic mass is 32.2. The van der Waals surface area contributed by atoms with E-state index in [1.54, 1.807) is 12.4 Å². The zero-order valence-corrected chi connectivity index (χ0v) is 15.7. The van der Waals surface area contributed by atoms with Crippen molar-refractivity contribution < 1.29 is 4.79 Å². The number of pyridine rings is 1. The number of aryl methyl sites for hydroxylation is 1. The first-order valence-electron chi connectivity index (χ1n) is 8.81. The fourth-order valence-electron chi connectivity index (χ4n) is 2.93. The van der Waals surface area contributed by atoms with E-state index in [0.717, 1.165) is 37.3 Å². The Morgan fingerprint density at radius 2 is 1.96 bits per heavy atom. The van der Waals surface area contributed by atoms with E-state index in [-0.39, 0.29) is 17.2 Å². The molecule has 0 saturated carbocycles. The van der Waals surface area contributed by atoms with Crippen LogP contribution in [0.4, 0.5) is 5.69 Å². The minimum Gasteiger partial charge on any atom is -0.368 e. The Balaban J connectivity index is 1.51. The van der Waals surface area contributed by atoms with Crippen LogP contribution >= 0.6 is 11.8 Å². The van der Waals surface area contributed by atoms with Crippen LogP contribution in [0.15, 0.2) is 40.5 Å². The Bertz CT molecular complexity index is 788. The molecule has 26 heavy (non-hydrogen) atoms. The number of hydrogen-bond donors (Lipinski definition) is 1. The number of nitrogens with one attached hydrogen (secondary N) is 1. The molecule has 0 unspecified atom stereocenters. The summed E-state index contributed by atoms with van der Waals surface area (Å²) < 4.78 is 0. The zero-order valence-electron chi connectivity index (χ0n) is 14.9. The third kappa shape index (κ3) is 4.85. The van der Waals surface area contributed by atoms with Gasteiger partial charge in [0.1, 0.15) is 0 Å². The fraction of sp³-hybridized carbons (Fsp3) is 0.444. The number of amides is 1. The normalized spacial score (nSPS) is 14.5. The Morgan fingerprint density at radius 3 is 2.65 bits per heavy atom. The average Bonchev–Trinajstić information content (AvgIpc) is 2.67. The summed E-state index contributed by atoms with van der Waals surface area (Å²) in [5.41, 5.74) is 1.75. The number of aromatic amines is 1. The third-order valence-corrected chi connectivity index (χ3v) is 5.13. The van der Waals surface area contributed by atoms with Crippen molar-refractivity contribution in [1.82, 2.24) is 19.9 Å². The van der Waals surface area contributed by atoms with E-state index < -0.39 is 0 Å². The molecule has 0 aromatic carbocycles. The lowest BCUT2D eigenvalue weighted by atomic mass is 10.2. The highest BCUT2D eigenvalue weighted by molar-refractivity contribution is 7.99. The van der Waals surface area contributed by atoms with E-state index in [1.165, 1.54) is 17.8 Å². The molecule has 0 spiro atoms. The molecular weight excluding hydrogens is 350 g/mol. The summed E-state index contributed by atoms with van der Waals surface area (Å²) in [4.78, 5) is 39.4. The standard InChI is InChI=1S/C18H23N5O2S/c1-2-3-14-12-16(24)21-18(20-14)26-13-17(25)23-10-8-22(9-11-23)15-4-6-19-7-5-15/h4-7,12H,2-3,8-11,13H2,1H3,(H,20,21,24). The molecule has 1 amide bonds. The van der Waals surface area contributed by atoms with Gasteiger partial charge < -0.3 is 14.8 Å². The molecule has 3 rings (SSSR count). The maximum absolute atomic E-state index is 12.5. The van der Waals surface area contributed by atoms with Crippen molar-refractivity contribution in [3.05, 3.63) is 46.6 Å². The number of H-pyrrole nitrogens is 1. The lowest BCUT2D eigenvalue weighted by molar-refractivity contribution is -0.128. The number of carbonyl (C=O) groups is 1. The molecule has 3 heterocycles. The first-order valence-corrected chi connectivity index (χ1v) is 9.80. The van der Waals surface area contributed by atoms with Crippen LogP contribution in [0.5, 0.6) is 0 Å². The molecule has 1 saturated heterocycles. The lowest BCUT2D eigenvalue weighted by Crippen LogP contribution is -2.49. The Kier molecular flexibility index (Phi) is 6.27. The fourth-order valence-corrected chi connectivity index (χ4v) is 3.72. The molecule has 7 nitrogen and oxygen atoms in total. The molecule has 0 aliphatic carbocycles. The minimum absolute atomic E-state index is 0.0768. The van der Waals surface area contributed by atoms with Gasteiger partial charge in [-0.15, -0.1) is 0 Å². The summed E-state index contributed by atoms with van der Waals surface area (Å²) >= 11 is 1.29. The van der Waals surface area contributed by atoms with Gasteiger partial charge in [0.2, 0.25) is 5.91 Å². The van der Waals surface area contributed by atoms with Crippen molar-refractivity contribution in [3.63, 3.8) is 0 Å². The van der Waals surface area contributed by atoms with Gasteiger partial charge in [0, 0.05) is 56.0 Å². The van der Waals surface area contributed by atoms with Crippen molar-refractivity contribution in [1.29, 1.82) is 0 Å². The number of anilines is 1. The minimum atomic E-state index is -0.163. The second-order valence-electron chi connectivity index (χ2n) is 6.15. The lowest BCUT2D eigenvalue weighted by Gasteiger charge is -2.36. The number of aromatic nitrogens is 3. The van der Waals surface area contributed by atoms with Crippen LogP contribution in [-0.2, 0) is 11.2 Å². The van der Waals surface area contributed by atoms with Crippen molar-refractivity contribution in [2.75, 3.05) is 36.8 Å².